The van der Waals surface area contributed by atoms with Gasteiger partial charge in [-0.25, -0.2) is 0 Å². The van der Waals surface area contributed by atoms with E-state index in [-0.39, 0.29) is 5.91 Å². The molecule has 0 saturated heterocycles. The Kier molecular flexibility index (Phi) is 9.98. The average Bonchev–Trinajstić information content (AvgIpc) is 2.33. The first kappa shape index (κ1) is 17.4. The van der Waals surface area contributed by atoms with E-state index >= 15 is 0 Å². The summed E-state index contributed by atoms with van der Waals surface area (Å²) >= 11 is 0. The van der Waals surface area contributed by atoms with Crippen molar-refractivity contribution in [2.24, 2.45) is 0 Å². The van der Waals surface area contributed by atoms with Crippen LogP contribution in [-0.4, -0.2) is 49.6 Å². The Balaban J connectivity index is 3.48. The number of amides is 1. The van der Waals surface area contributed by atoms with Crippen LogP contribution in [0, 0.1) is 0 Å². The van der Waals surface area contributed by atoms with E-state index in [1.165, 1.54) is 0 Å². The first-order valence-electron chi connectivity index (χ1n) is 7.17. The van der Waals surface area contributed by atoms with Crippen LogP contribution in [0.25, 0.3) is 0 Å². The maximum absolute atomic E-state index is 11.6. The molecule has 4 heteroatoms. The summed E-state index contributed by atoms with van der Waals surface area (Å²) in [7, 11) is 2.10. The Bertz CT molecular complexity index is 219. The van der Waals surface area contributed by atoms with E-state index in [1.807, 2.05) is 0 Å². The lowest BCUT2D eigenvalue weighted by molar-refractivity contribution is -0.121. The van der Waals surface area contributed by atoms with Gasteiger partial charge in [-0.2, -0.15) is 0 Å². The van der Waals surface area contributed by atoms with Crippen LogP contribution < -0.4 is 10.6 Å². The van der Waals surface area contributed by atoms with Crippen LogP contribution in [0.4, 0.5) is 0 Å². The standard InChI is InChI=1S/C14H31N3O/c1-6-13(4)17(5)11-10-16-14(18)8-7-9-15-12(2)3/h12-13,15H,6-11H2,1-5H3,(H,16,18). The fourth-order valence-corrected chi connectivity index (χ4v) is 1.63. The number of carbonyl (C=O) groups excluding carboxylic acids is 1. The van der Waals surface area contributed by atoms with Crippen molar-refractivity contribution in [1.29, 1.82) is 0 Å². The van der Waals surface area contributed by atoms with Gasteiger partial charge < -0.3 is 15.5 Å². The van der Waals surface area contributed by atoms with Crippen LogP contribution in [0.2, 0.25) is 0 Å². The summed E-state index contributed by atoms with van der Waals surface area (Å²) < 4.78 is 0. The van der Waals surface area contributed by atoms with E-state index in [0.29, 0.717) is 18.5 Å². The Labute approximate surface area is 113 Å². The molecule has 0 aliphatic rings. The van der Waals surface area contributed by atoms with Gasteiger partial charge in [-0.05, 0) is 33.4 Å². The first-order valence-corrected chi connectivity index (χ1v) is 7.17. The molecule has 0 saturated carbocycles. The molecule has 0 rings (SSSR count). The fourth-order valence-electron chi connectivity index (χ4n) is 1.63. The summed E-state index contributed by atoms with van der Waals surface area (Å²) in [6.45, 7) is 11.2. The highest BCUT2D eigenvalue weighted by Gasteiger charge is 2.06. The molecular weight excluding hydrogens is 226 g/mol. The van der Waals surface area contributed by atoms with Gasteiger partial charge in [0.2, 0.25) is 5.91 Å². The van der Waals surface area contributed by atoms with Crippen molar-refractivity contribution in [3.8, 4) is 0 Å². The number of likely N-dealkylation sites (N-methyl/N-ethyl adjacent to an activating group) is 1. The van der Waals surface area contributed by atoms with Gasteiger partial charge in [0.05, 0.1) is 0 Å². The molecule has 108 valence electrons. The number of hydrogen-bond acceptors (Lipinski definition) is 3. The van der Waals surface area contributed by atoms with E-state index in [9.17, 15) is 4.79 Å². The number of carbonyl (C=O) groups is 1. The van der Waals surface area contributed by atoms with Gasteiger partial charge in [0.1, 0.15) is 0 Å². The van der Waals surface area contributed by atoms with Crippen LogP contribution in [0.3, 0.4) is 0 Å². The molecule has 0 aromatic carbocycles. The quantitative estimate of drug-likeness (QED) is 0.584. The predicted molar refractivity (Wildman–Crippen MR) is 77.8 cm³/mol. The molecule has 1 amide bonds. The maximum Gasteiger partial charge on any atom is 0.220 e. The molecule has 0 aliphatic carbocycles. The minimum atomic E-state index is 0.165. The van der Waals surface area contributed by atoms with Gasteiger partial charge in [0.25, 0.3) is 0 Å². The van der Waals surface area contributed by atoms with E-state index in [0.717, 1.165) is 32.5 Å². The molecule has 2 N–H and O–H groups in total. The molecule has 0 spiro atoms. The normalized spacial score (nSPS) is 13.1. The predicted octanol–water partition coefficient (Wildman–Crippen LogP) is 1.61. The summed E-state index contributed by atoms with van der Waals surface area (Å²) in [5.41, 5.74) is 0. The number of hydrogen-bond donors (Lipinski definition) is 2. The Morgan fingerprint density at radius 2 is 1.89 bits per heavy atom. The van der Waals surface area contributed by atoms with Gasteiger partial charge in [0.15, 0.2) is 0 Å². The molecule has 18 heavy (non-hydrogen) atoms. The second-order valence-corrected chi connectivity index (χ2v) is 5.30. The average molecular weight is 257 g/mol. The second-order valence-electron chi connectivity index (χ2n) is 5.30. The lowest BCUT2D eigenvalue weighted by Gasteiger charge is -2.23. The van der Waals surface area contributed by atoms with Crippen LogP contribution in [0.5, 0.6) is 0 Å². The second kappa shape index (κ2) is 10.3. The number of rotatable bonds is 10. The van der Waals surface area contributed by atoms with Gasteiger partial charge in [0, 0.05) is 31.6 Å². The van der Waals surface area contributed by atoms with Gasteiger partial charge >= 0.3 is 0 Å². The zero-order chi connectivity index (χ0) is 14.0. The SMILES string of the molecule is CCC(C)N(C)CCNC(=O)CCCNC(C)C. The molecule has 1 unspecified atom stereocenters. The third kappa shape index (κ3) is 9.42. The van der Waals surface area contributed by atoms with Gasteiger partial charge in [-0.3, -0.25) is 4.79 Å². The Morgan fingerprint density at radius 1 is 1.22 bits per heavy atom. The number of nitrogens with one attached hydrogen (secondary N) is 2. The van der Waals surface area contributed by atoms with Crippen molar-refractivity contribution in [2.45, 2.75) is 59.0 Å². The number of nitrogens with zero attached hydrogens (tertiary/aromatic N) is 1. The van der Waals surface area contributed by atoms with Crippen molar-refractivity contribution in [3.63, 3.8) is 0 Å². The van der Waals surface area contributed by atoms with E-state index < -0.39 is 0 Å². The summed E-state index contributed by atoms with van der Waals surface area (Å²) in [6, 6.07) is 1.08. The summed E-state index contributed by atoms with van der Waals surface area (Å²) in [6.07, 6.45) is 2.67. The first-order chi connectivity index (χ1) is 8.47. The fraction of sp³-hybridized carbons (Fsp3) is 0.929. The Hall–Kier alpha value is -0.610. The largest absolute Gasteiger partial charge is 0.355 e. The zero-order valence-electron chi connectivity index (χ0n) is 12.8. The molecular formula is C14H31N3O. The highest BCUT2D eigenvalue weighted by molar-refractivity contribution is 5.75. The lowest BCUT2D eigenvalue weighted by Crippen LogP contribution is -2.37. The van der Waals surface area contributed by atoms with Crippen molar-refractivity contribution in [2.75, 3.05) is 26.7 Å². The summed E-state index contributed by atoms with van der Waals surface area (Å²) in [4.78, 5) is 13.8. The highest BCUT2D eigenvalue weighted by atomic mass is 16.1. The van der Waals surface area contributed by atoms with Crippen LogP contribution in [0.15, 0.2) is 0 Å². The third-order valence-electron chi connectivity index (χ3n) is 3.26. The summed E-state index contributed by atoms with van der Waals surface area (Å²) in [5.74, 6) is 0.165. The third-order valence-corrected chi connectivity index (χ3v) is 3.26. The lowest BCUT2D eigenvalue weighted by atomic mass is 10.2. The molecule has 0 heterocycles. The van der Waals surface area contributed by atoms with Crippen molar-refractivity contribution in [3.05, 3.63) is 0 Å². The van der Waals surface area contributed by atoms with Gasteiger partial charge in [-0.15, -0.1) is 0 Å². The van der Waals surface area contributed by atoms with Crippen molar-refractivity contribution < 1.29 is 4.79 Å². The van der Waals surface area contributed by atoms with E-state index in [4.69, 9.17) is 0 Å². The molecule has 0 radical (unpaired) electrons. The summed E-state index contributed by atoms with van der Waals surface area (Å²) in [5, 5.41) is 6.28. The highest BCUT2D eigenvalue weighted by Crippen LogP contribution is 1.98. The molecule has 1 atom stereocenters. The van der Waals surface area contributed by atoms with Crippen molar-refractivity contribution in [1.82, 2.24) is 15.5 Å². The smallest absolute Gasteiger partial charge is 0.220 e. The monoisotopic (exact) mass is 257 g/mol. The molecule has 0 aromatic rings. The molecule has 0 aromatic heterocycles. The van der Waals surface area contributed by atoms with Crippen molar-refractivity contribution >= 4 is 5.91 Å². The minimum Gasteiger partial charge on any atom is -0.355 e. The molecule has 0 fully saturated rings. The van der Waals surface area contributed by atoms with Crippen LogP contribution in [-0.2, 0) is 4.79 Å². The van der Waals surface area contributed by atoms with Crippen LogP contribution in [0.1, 0.15) is 47.0 Å². The van der Waals surface area contributed by atoms with Gasteiger partial charge in [-0.1, -0.05) is 20.8 Å². The topological polar surface area (TPSA) is 44.4 Å². The zero-order valence-corrected chi connectivity index (χ0v) is 12.8. The van der Waals surface area contributed by atoms with E-state index in [1.54, 1.807) is 0 Å². The molecule has 0 aliphatic heterocycles. The van der Waals surface area contributed by atoms with Crippen LogP contribution >= 0.6 is 0 Å². The Morgan fingerprint density at radius 3 is 2.44 bits per heavy atom. The van der Waals surface area contributed by atoms with E-state index in [2.05, 4.69) is 50.3 Å². The minimum absolute atomic E-state index is 0.165. The molecule has 0 bridgehead atoms. The maximum atomic E-state index is 11.6. The molecule has 4 nitrogen and oxygen atoms in total.